The van der Waals surface area contributed by atoms with E-state index in [0.29, 0.717) is 22.0 Å². The van der Waals surface area contributed by atoms with Gasteiger partial charge in [0.15, 0.2) is 9.84 Å². The summed E-state index contributed by atoms with van der Waals surface area (Å²) in [6.07, 6.45) is 1.17. The summed E-state index contributed by atoms with van der Waals surface area (Å²) < 4.78 is 23.8. The van der Waals surface area contributed by atoms with Gasteiger partial charge in [-0.05, 0) is 65.4 Å². The molecule has 166 valence electrons. The van der Waals surface area contributed by atoms with Crippen LogP contribution in [0.3, 0.4) is 0 Å². The van der Waals surface area contributed by atoms with E-state index in [-0.39, 0.29) is 11.4 Å². The molecule has 1 atom stereocenters. The highest BCUT2D eigenvalue weighted by atomic mass is 35.5. The highest BCUT2D eigenvalue weighted by Gasteiger charge is 2.40. The first-order valence-corrected chi connectivity index (χ1v) is 12.6. The molecule has 0 saturated heterocycles. The summed E-state index contributed by atoms with van der Waals surface area (Å²) in [6, 6.07) is 27.6. The van der Waals surface area contributed by atoms with E-state index < -0.39 is 15.6 Å². The van der Waals surface area contributed by atoms with Gasteiger partial charge in [-0.2, -0.15) is 0 Å². The fourth-order valence-electron chi connectivity index (χ4n) is 4.07. The van der Waals surface area contributed by atoms with Crippen LogP contribution in [0.15, 0.2) is 101 Å². The van der Waals surface area contributed by atoms with Crippen LogP contribution in [0.25, 0.3) is 10.8 Å². The van der Waals surface area contributed by atoms with Crippen molar-refractivity contribution in [1.29, 1.82) is 0 Å². The van der Waals surface area contributed by atoms with Gasteiger partial charge >= 0.3 is 0 Å². The van der Waals surface area contributed by atoms with Crippen molar-refractivity contribution >= 4 is 43.7 Å². The molecule has 0 spiro atoms. The van der Waals surface area contributed by atoms with E-state index in [1.165, 1.54) is 6.26 Å². The largest absolute Gasteiger partial charge is 0.364 e. The molecule has 1 aliphatic rings. The lowest BCUT2D eigenvalue weighted by atomic mass is 9.99. The van der Waals surface area contributed by atoms with Gasteiger partial charge in [-0.3, -0.25) is 0 Å². The fourth-order valence-corrected chi connectivity index (χ4v) is 4.82. The van der Waals surface area contributed by atoms with Crippen molar-refractivity contribution in [2.24, 2.45) is 4.99 Å². The van der Waals surface area contributed by atoms with Crippen LogP contribution in [-0.2, 0) is 15.6 Å². The molecule has 5 nitrogen and oxygen atoms in total. The zero-order chi connectivity index (χ0) is 23.2. The van der Waals surface area contributed by atoms with Crippen LogP contribution in [0.1, 0.15) is 11.1 Å². The quantitative estimate of drug-likeness (QED) is 0.449. The second kappa shape index (κ2) is 7.99. The number of hydrogen-bond donors (Lipinski definition) is 1. The SMILES string of the molecule is CS(=O)(=O)c1ccc(C2=NC(O)(c3ccc4ccccc4c3)CN2c2ccc(Cl)cc2)cc1. The average molecular weight is 477 g/mol. The number of fused-ring (bicyclic) bond motifs is 1. The van der Waals surface area contributed by atoms with Crippen LogP contribution in [-0.4, -0.2) is 32.2 Å². The molecule has 5 rings (SSSR count). The molecule has 1 unspecified atom stereocenters. The van der Waals surface area contributed by atoms with Gasteiger partial charge in [0.05, 0.1) is 11.4 Å². The Bertz CT molecular complexity index is 1480. The van der Waals surface area contributed by atoms with Gasteiger partial charge in [-0.15, -0.1) is 0 Å². The van der Waals surface area contributed by atoms with Crippen molar-refractivity contribution in [3.63, 3.8) is 0 Å². The number of β-amino-alcohol motifs (C(OH)–C–C–N with tert-alkyl or cyclic N) is 1. The summed E-state index contributed by atoms with van der Waals surface area (Å²) >= 11 is 6.08. The first-order valence-electron chi connectivity index (χ1n) is 10.4. The number of amidine groups is 1. The maximum Gasteiger partial charge on any atom is 0.202 e. The number of rotatable bonds is 4. The molecular formula is C26H21ClN2O3S. The van der Waals surface area contributed by atoms with Crippen molar-refractivity contribution in [1.82, 2.24) is 0 Å². The number of anilines is 1. The number of sulfone groups is 1. The molecule has 1 heterocycles. The lowest BCUT2D eigenvalue weighted by molar-refractivity contribution is 0.0649. The molecule has 0 fully saturated rings. The van der Waals surface area contributed by atoms with Gasteiger partial charge in [0.1, 0.15) is 5.84 Å². The average Bonchev–Trinajstić information content (AvgIpc) is 3.17. The molecule has 0 bridgehead atoms. The second-order valence-corrected chi connectivity index (χ2v) is 10.6. The molecule has 0 aliphatic carbocycles. The summed E-state index contributed by atoms with van der Waals surface area (Å²) in [5.41, 5.74) is 0.730. The van der Waals surface area contributed by atoms with Crippen molar-refractivity contribution in [3.05, 3.63) is 107 Å². The number of hydrogen-bond acceptors (Lipinski definition) is 5. The summed E-state index contributed by atoms with van der Waals surface area (Å²) in [5, 5.41) is 14.4. The van der Waals surface area contributed by atoms with Gasteiger partial charge in [0, 0.05) is 28.1 Å². The Morgan fingerprint density at radius 3 is 2.24 bits per heavy atom. The predicted molar refractivity (Wildman–Crippen MR) is 133 cm³/mol. The van der Waals surface area contributed by atoms with Crippen molar-refractivity contribution in [3.8, 4) is 0 Å². The summed E-state index contributed by atoms with van der Waals surface area (Å²) in [5.74, 6) is 0.549. The van der Waals surface area contributed by atoms with E-state index in [9.17, 15) is 13.5 Å². The standard InChI is InChI=1S/C26H21ClN2O3S/c1-33(31,32)24-14-7-19(8-15-24)25-28-26(30,17-29(25)23-12-10-22(27)11-13-23)21-9-6-18-4-2-3-5-20(18)16-21/h2-16,30H,17H2,1H3. The number of aliphatic hydroxyl groups is 1. The fraction of sp³-hybridized carbons (Fsp3) is 0.115. The van der Waals surface area contributed by atoms with Crippen LogP contribution in [0.5, 0.6) is 0 Å². The Kier molecular flexibility index (Phi) is 5.24. The van der Waals surface area contributed by atoms with Gasteiger partial charge in [0.25, 0.3) is 0 Å². The third kappa shape index (κ3) is 4.13. The number of aliphatic imine (C=N–C) groups is 1. The summed E-state index contributed by atoms with van der Waals surface area (Å²) in [6.45, 7) is 0.204. The van der Waals surface area contributed by atoms with E-state index in [1.807, 2.05) is 59.5 Å². The van der Waals surface area contributed by atoms with Crippen LogP contribution in [0.4, 0.5) is 5.69 Å². The molecule has 1 N–H and O–H groups in total. The molecule has 33 heavy (non-hydrogen) atoms. The van der Waals surface area contributed by atoms with Crippen molar-refractivity contribution in [2.75, 3.05) is 17.7 Å². The van der Waals surface area contributed by atoms with Gasteiger partial charge in [-0.1, -0.05) is 48.0 Å². The van der Waals surface area contributed by atoms with E-state index >= 15 is 0 Å². The van der Waals surface area contributed by atoms with Crippen molar-refractivity contribution < 1.29 is 13.5 Å². The summed E-state index contributed by atoms with van der Waals surface area (Å²) in [4.78, 5) is 6.90. The second-order valence-electron chi connectivity index (χ2n) is 8.17. The van der Waals surface area contributed by atoms with Gasteiger partial charge in [-0.25, -0.2) is 13.4 Å². The molecule has 0 saturated carbocycles. The number of halogens is 1. The molecule has 0 radical (unpaired) electrons. The molecule has 4 aromatic carbocycles. The van der Waals surface area contributed by atoms with E-state index in [2.05, 4.69) is 0 Å². The zero-order valence-corrected chi connectivity index (χ0v) is 19.4. The predicted octanol–water partition coefficient (Wildman–Crippen LogP) is 5.01. The molecule has 0 aromatic heterocycles. The normalized spacial score (nSPS) is 18.5. The summed E-state index contributed by atoms with van der Waals surface area (Å²) in [7, 11) is -3.32. The number of nitrogens with zero attached hydrogens (tertiary/aromatic N) is 2. The minimum Gasteiger partial charge on any atom is -0.364 e. The Balaban J connectivity index is 1.62. The Hall–Kier alpha value is -3.19. The highest BCUT2D eigenvalue weighted by Crippen LogP contribution is 2.36. The zero-order valence-electron chi connectivity index (χ0n) is 17.8. The third-order valence-electron chi connectivity index (χ3n) is 5.82. The smallest absolute Gasteiger partial charge is 0.202 e. The minimum atomic E-state index is -3.32. The van der Waals surface area contributed by atoms with E-state index in [1.54, 1.807) is 36.4 Å². The van der Waals surface area contributed by atoms with E-state index in [0.717, 1.165) is 16.5 Å². The number of benzene rings is 4. The van der Waals surface area contributed by atoms with Crippen LogP contribution < -0.4 is 4.90 Å². The first kappa shape index (κ1) is 21.6. The maximum absolute atomic E-state index is 11.9. The van der Waals surface area contributed by atoms with Gasteiger partial charge < -0.3 is 10.0 Å². The maximum atomic E-state index is 11.9. The highest BCUT2D eigenvalue weighted by molar-refractivity contribution is 7.90. The van der Waals surface area contributed by atoms with Crippen LogP contribution >= 0.6 is 11.6 Å². The molecule has 7 heteroatoms. The van der Waals surface area contributed by atoms with Crippen LogP contribution in [0, 0.1) is 0 Å². The lowest BCUT2D eigenvalue weighted by Crippen LogP contribution is -2.34. The topological polar surface area (TPSA) is 70.0 Å². The molecule has 1 aliphatic heterocycles. The minimum absolute atomic E-state index is 0.204. The Morgan fingerprint density at radius 1 is 0.909 bits per heavy atom. The van der Waals surface area contributed by atoms with Crippen molar-refractivity contribution in [2.45, 2.75) is 10.6 Å². The monoisotopic (exact) mass is 476 g/mol. The molecular weight excluding hydrogens is 456 g/mol. The third-order valence-corrected chi connectivity index (χ3v) is 7.20. The van der Waals surface area contributed by atoms with Gasteiger partial charge in [0.2, 0.25) is 5.72 Å². The lowest BCUT2D eigenvalue weighted by Gasteiger charge is -2.25. The van der Waals surface area contributed by atoms with E-state index in [4.69, 9.17) is 16.6 Å². The van der Waals surface area contributed by atoms with Crippen LogP contribution in [0.2, 0.25) is 5.02 Å². The molecule has 4 aromatic rings. The first-order chi connectivity index (χ1) is 15.7. The molecule has 0 amide bonds. The Morgan fingerprint density at radius 2 is 1.58 bits per heavy atom. The Labute approximate surface area is 197 Å².